The lowest BCUT2D eigenvalue weighted by molar-refractivity contribution is 0.0997. The molecular weight excluding hydrogens is 232 g/mol. The fourth-order valence-electron chi connectivity index (χ4n) is 1.59. The van der Waals surface area contributed by atoms with Gasteiger partial charge in [0.25, 0.3) is 0 Å². The number of carboxylic acid groups (broad SMARTS) is 1. The predicted octanol–water partition coefficient (Wildman–Crippen LogP) is 2.29. The van der Waals surface area contributed by atoms with Gasteiger partial charge in [-0.15, -0.1) is 0 Å². The lowest BCUT2D eigenvalue weighted by atomic mass is 9.93. The summed E-state index contributed by atoms with van der Waals surface area (Å²) in [5.41, 5.74) is 0.465. The van der Waals surface area contributed by atoms with Crippen molar-refractivity contribution in [2.75, 3.05) is 0 Å². The maximum atomic E-state index is 11.5. The molecule has 0 heterocycles. The molecule has 1 aromatic rings. The number of benzene rings is 1. The van der Waals surface area contributed by atoms with E-state index in [0.717, 1.165) is 5.56 Å². The van der Waals surface area contributed by atoms with E-state index in [4.69, 9.17) is 10.4 Å². The fraction of sp³-hybridized carbons (Fsp3) is 0.308. The van der Waals surface area contributed by atoms with Gasteiger partial charge in [0.15, 0.2) is 5.78 Å². The lowest BCUT2D eigenvalue weighted by Gasteiger charge is -2.25. The molecule has 0 saturated heterocycles. The normalized spacial score (nSPS) is 10.5. The highest BCUT2D eigenvalue weighted by Crippen LogP contribution is 2.20. The van der Waals surface area contributed by atoms with Gasteiger partial charge in [-0.25, -0.2) is 4.79 Å². The van der Waals surface area contributed by atoms with E-state index < -0.39 is 11.6 Å². The van der Waals surface area contributed by atoms with Crippen LogP contribution in [-0.2, 0) is 5.54 Å². The van der Waals surface area contributed by atoms with E-state index in [0.29, 0.717) is 5.56 Å². The third-order valence-electron chi connectivity index (χ3n) is 2.59. The standard InChI is InChI=1S/C13H14N2O3/c1-13(2,15-12(17)18)10-5-3-9(4-6-10)11(16)7-8-14/h3-6,15H,7H2,1-2H3,(H,17,18). The zero-order valence-corrected chi connectivity index (χ0v) is 10.2. The number of Topliss-reactive ketones (excluding diaryl/α,β-unsaturated/α-hetero) is 1. The third-order valence-corrected chi connectivity index (χ3v) is 2.59. The molecule has 0 radical (unpaired) electrons. The second kappa shape index (κ2) is 5.32. The van der Waals surface area contributed by atoms with Gasteiger partial charge in [-0.3, -0.25) is 4.79 Å². The van der Waals surface area contributed by atoms with E-state index >= 15 is 0 Å². The van der Waals surface area contributed by atoms with Crippen molar-refractivity contribution in [1.29, 1.82) is 5.26 Å². The average Bonchev–Trinajstić information content (AvgIpc) is 2.28. The molecule has 5 nitrogen and oxygen atoms in total. The molecule has 5 heteroatoms. The number of nitrogens with one attached hydrogen (secondary N) is 1. The Labute approximate surface area is 105 Å². The molecule has 1 amide bonds. The molecule has 18 heavy (non-hydrogen) atoms. The number of ketones is 1. The highest BCUT2D eigenvalue weighted by Gasteiger charge is 2.22. The molecule has 0 aliphatic rings. The van der Waals surface area contributed by atoms with Gasteiger partial charge in [0.2, 0.25) is 0 Å². The van der Waals surface area contributed by atoms with Gasteiger partial charge >= 0.3 is 6.09 Å². The summed E-state index contributed by atoms with van der Waals surface area (Å²) in [5, 5.41) is 19.5. The zero-order valence-electron chi connectivity index (χ0n) is 10.2. The van der Waals surface area contributed by atoms with Crippen molar-refractivity contribution in [3.8, 4) is 6.07 Å². The molecule has 0 aliphatic heterocycles. The molecule has 94 valence electrons. The molecule has 0 saturated carbocycles. The van der Waals surface area contributed by atoms with Crippen LogP contribution in [0.15, 0.2) is 24.3 Å². The van der Waals surface area contributed by atoms with Crippen molar-refractivity contribution in [2.24, 2.45) is 0 Å². The monoisotopic (exact) mass is 246 g/mol. The van der Waals surface area contributed by atoms with Crippen LogP contribution in [0.25, 0.3) is 0 Å². The molecule has 0 atom stereocenters. The van der Waals surface area contributed by atoms with Gasteiger partial charge in [-0.2, -0.15) is 5.26 Å². The minimum absolute atomic E-state index is 0.157. The summed E-state index contributed by atoms with van der Waals surface area (Å²) in [6.45, 7) is 3.46. The van der Waals surface area contributed by atoms with Crippen molar-refractivity contribution in [1.82, 2.24) is 5.32 Å². The number of amides is 1. The number of carbonyl (C=O) groups is 2. The number of nitrogens with zero attached hydrogens (tertiary/aromatic N) is 1. The number of hydrogen-bond acceptors (Lipinski definition) is 3. The number of carbonyl (C=O) groups excluding carboxylic acids is 1. The topological polar surface area (TPSA) is 90.2 Å². The van der Waals surface area contributed by atoms with Crippen molar-refractivity contribution in [2.45, 2.75) is 25.8 Å². The summed E-state index contributed by atoms with van der Waals surface area (Å²) in [7, 11) is 0. The van der Waals surface area contributed by atoms with Crippen LogP contribution >= 0.6 is 0 Å². The first-order chi connectivity index (χ1) is 8.36. The Balaban J connectivity index is 2.92. The van der Waals surface area contributed by atoms with Gasteiger partial charge in [-0.05, 0) is 19.4 Å². The first-order valence-electron chi connectivity index (χ1n) is 5.38. The van der Waals surface area contributed by atoms with Gasteiger partial charge in [0.05, 0.1) is 18.0 Å². The SMILES string of the molecule is CC(C)(NC(=O)O)c1ccc(C(=O)CC#N)cc1. The van der Waals surface area contributed by atoms with Crippen LogP contribution < -0.4 is 5.32 Å². The summed E-state index contributed by atoms with van der Waals surface area (Å²) in [6.07, 6.45) is -1.26. The molecular formula is C13H14N2O3. The summed E-state index contributed by atoms with van der Waals surface area (Å²) < 4.78 is 0. The quantitative estimate of drug-likeness (QED) is 0.797. The maximum absolute atomic E-state index is 11.5. The van der Waals surface area contributed by atoms with E-state index in [1.54, 1.807) is 44.2 Å². The first kappa shape index (κ1) is 13.7. The molecule has 0 spiro atoms. The molecule has 0 unspecified atom stereocenters. The number of hydrogen-bond donors (Lipinski definition) is 2. The second-order valence-electron chi connectivity index (χ2n) is 4.39. The van der Waals surface area contributed by atoms with E-state index in [9.17, 15) is 9.59 Å². The van der Waals surface area contributed by atoms with E-state index in [2.05, 4.69) is 5.32 Å². The van der Waals surface area contributed by atoms with E-state index in [1.807, 2.05) is 0 Å². The minimum Gasteiger partial charge on any atom is -0.465 e. The van der Waals surface area contributed by atoms with E-state index in [-0.39, 0.29) is 12.2 Å². The fourth-order valence-corrected chi connectivity index (χ4v) is 1.59. The van der Waals surface area contributed by atoms with Crippen molar-refractivity contribution < 1.29 is 14.7 Å². The van der Waals surface area contributed by atoms with Gasteiger partial charge in [0, 0.05) is 5.56 Å². The minimum atomic E-state index is -1.11. The Hall–Kier alpha value is -2.35. The van der Waals surface area contributed by atoms with Crippen LogP contribution in [0.5, 0.6) is 0 Å². The summed E-state index contributed by atoms with van der Waals surface area (Å²) >= 11 is 0. The first-order valence-corrected chi connectivity index (χ1v) is 5.38. The summed E-state index contributed by atoms with van der Waals surface area (Å²) in [6, 6.07) is 8.35. The Morgan fingerprint density at radius 3 is 2.33 bits per heavy atom. The molecule has 0 aromatic heterocycles. The smallest absolute Gasteiger partial charge is 0.405 e. The van der Waals surface area contributed by atoms with Crippen molar-refractivity contribution >= 4 is 11.9 Å². The molecule has 0 aliphatic carbocycles. The highest BCUT2D eigenvalue weighted by atomic mass is 16.4. The van der Waals surface area contributed by atoms with Gasteiger partial charge in [0.1, 0.15) is 0 Å². The predicted molar refractivity (Wildman–Crippen MR) is 65.2 cm³/mol. The van der Waals surface area contributed by atoms with Gasteiger partial charge < -0.3 is 10.4 Å². The summed E-state index contributed by atoms with van der Waals surface area (Å²) in [5.74, 6) is -0.243. The van der Waals surface area contributed by atoms with Crippen molar-refractivity contribution in [3.05, 3.63) is 35.4 Å². The van der Waals surface area contributed by atoms with Crippen LogP contribution in [0.1, 0.15) is 36.2 Å². The van der Waals surface area contributed by atoms with Crippen molar-refractivity contribution in [3.63, 3.8) is 0 Å². The van der Waals surface area contributed by atoms with E-state index in [1.165, 1.54) is 0 Å². The van der Waals surface area contributed by atoms with Crippen LogP contribution in [0.3, 0.4) is 0 Å². The number of nitriles is 1. The molecule has 1 aromatic carbocycles. The van der Waals surface area contributed by atoms with Crippen LogP contribution in [0, 0.1) is 11.3 Å². The Morgan fingerprint density at radius 2 is 1.89 bits per heavy atom. The third kappa shape index (κ3) is 3.32. The molecule has 1 rings (SSSR count). The van der Waals surface area contributed by atoms with Crippen LogP contribution in [0.2, 0.25) is 0 Å². The largest absolute Gasteiger partial charge is 0.465 e. The van der Waals surface area contributed by atoms with Gasteiger partial charge in [-0.1, -0.05) is 24.3 Å². The summed E-state index contributed by atoms with van der Waals surface area (Å²) in [4.78, 5) is 22.1. The van der Waals surface area contributed by atoms with Crippen LogP contribution in [-0.4, -0.2) is 17.0 Å². The molecule has 0 bridgehead atoms. The Morgan fingerprint density at radius 1 is 1.33 bits per heavy atom. The highest BCUT2D eigenvalue weighted by molar-refractivity contribution is 5.97. The Bertz CT molecular complexity index is 498. The molecule has 2 N–H and O–H groups in total. The Kier molecular flexibility index (Phi) is 4.05. The maximum Gasteiger partial charge on any atom is 0.405 e. The number of rotatable bonds is 4. The zero-order chi connectivity index (χ0) is 13.8. The molecule has 0 fully saturated rings. The van der Waals surface area contributed by atoms with Crippen LogP contribution in [0.4, 0.5) is 4.79 Å². The lowest BCUT2D eigenvalue weighted by Crippen LogP contribution is -2.40. The second-order valence-corrected chi connectivity index (χ2v) is 4.39. The average molecular weight is 246 g/mol.